The van der Waals surface area contributed by atoms with Crippen molar-refractivity contribution in [2.45, 2.75) is 0 Å². The number of non-ortho nitro benzene ring substituents is 1. The Kier molecular flexibility index (Phi) is 5.81. The number of nitro groups is 1. The van der Waals surface area contributed by atoms with Crippen molar-refractivity contribution in [1.29, 1.82) is 0 Å². The zero-order valence-electron chi connectivity index (χ0n) is 15.2. The molecule has 1 amide bonds. The first-order valence-electron chi connectivity index (χ1n) is 8.54. The molecule has 0 heterocycles. The molecule has 0 bridgehead atoms. The van der Waals surface area contributed by atoms with E-state index in [-0.39, 0.29) is 11.6 Å². The maximum Gasteiger partial charge on any atom is 0.271 e. The molecule has 0 aromatic heterocycles. The molecule has 1 N–H and O–H groups in total. The van der Waals surface area contributed by atoms with Gasteiger partial charge in [0, 0.05) is 23.4 Å². The highest BCUT2D eigenvalue weighted by Gasteiger charge is 2.14. The Morgan fingerprint density at radius 1 is 1.00 bits per heavy atom. The van der Waals surface area contributed by atoms with Crippen molar-refractivity contribution in [3.63, 3.8) is 0 Å². The SMILES string of the molecule is COc1ccc(/C=C(/C(=O)Nc2cccc([N+](=O)[O-])c2)c2ccccc2)cc1. The Labute approximate surface area is 162 Å². The average molecular weight is 374 g/mol. The molecule has 6 heteroatoms. The van der Waals surface area contributed by atoms with Gasteiger partial charge >= 0.3 is 0 Å². The summed E-state index contributed by atoms with van der Waals surface area (Å²) in [5.41, 5.74) is 2.28. The van der Waals surface area contributed by atoms with Crippen molar-refractivity contribution in [3.05, 3.63) is 100 Å². The van der Waals surface area contributed by atoms with E-state index in [0.717, 1.165) is 16.9 Å². The van der Waals surface area contributed by atoms with E-state index in [1.165, 1.54) is 18.2 Å². The number of amides is 1. The minimum atomic E-state index is -0.499. The Balaban J connectivity index is 1.94. The van der Waals surface area contributed by atoms with Crippen LogP contribution in [0.25, 0.3) is 11.6 Å². The van der Waals surface area contributed by atoms with E-state index in [1.54, 1.807) is 19.3 Å². The van der Waals surface area contributed by atoms with Crippen LogP contribution in [0, 0.1) is 10.1 Å². The maximum absolute atomic E-state index is 12.9. The first-order chi connectivity index (χ1) is 13.6. The molecular weight excluding hydrogens is 356 g/mol. The van der Waals surface area contributed by atoms with Gasteiger partial charge in [-0.1, -0.05) is 48.5 Å². The number of anilines is 1. The number of carbonyl (C=O) groups excluding carboxylic acids is 1. The van der Waals surface area contributed by atoms with Crippen molar-refractivity contribution in [2.75, 3.05) is 12.4 Å². The van der Waals surface area contributed by atoms with E-state index in [9.17, 15) is 14.9 Å². The molecule has 0 aliphatic rings. The number of benzene rings is 3. The Hall–Kier alpha value is -3.93. The second kappa shape index (κ2) is 8.64. The van der Waals surface area contributed by atoms with Crippen LogP contribution in [0.2, 0.25) is 0 Å². The third-order valence-electron chi connectivity index (χ3n) is 4.07. The van der Waals surface area contributed by atoms with Gasteiger partial charge in [0.2, 0.25) is 0 Å². The highest BCUT2D eigenvalue weighted by molar-refractivity contribution is 6.29. The number of hydrogen-bond donors (Lipinski definition) is 1. The molecule has 0 saturated carbocycles. The predicted molar refractivity (Wildman–Crippen MR) is 109 cm³/mol. The second-order valence-electron chi connectivity index (χ2n) is 5.96. The smallest absolute Gasteiger partial charge is 0.271 e. The molecule has 0 unspecified atom stereocenters. The van der Waals surface area contributed by atoms with Crippen molar-refractivity contribution in [1.82, 2.24) is 0 Å². The molecule has 0 spiro atoms. The van der Waals surface area contributed by atoms with E-state index in [1.807, 2.05) is 54.6 Å². The van der Waals surface area contributed by atoms with Crippen LogP contribution < -0.4 is 10.1 Å². The van der Waals surface area contributed by atoms with Crippen LogP contribution in [0.1, 0.15) is 11.1 Å². The number of nitrogens with one attached hydrogen (secondary N) is 1. The summed E-state index contributed by atoms with van der Waals surface area (Å²) in [6, 6.07) is 22.4. The molecule has 6 nitrogen and oxygen atoms in total. The van der Waals surface area contributed by atoms with Gasteiger partial charge < -0.3 is 10.1 Å². The molecule has 0 aliphatic carbocycles. The normalized spacial score (nSPS) is 11.0. The Bertz CT molecular complexity index is 1010. The average Bonchev–Trinajstić information content (AvgIpc) is 2.73. The number of rotatable bonds is 6. The first-order valence-corrected chi connectivity index (χ1v) is 8.54. The lowest BCUT2D eigenvalue weighted by Crippen LogP contribution is -2.13. The van der Waals surface area contributed by atoms with Crippen LogP contribution in [0.3, 0.4) is 0 Å². The highest BCUT2D eigenvalue weighted by atomic mass is 16.6. The van der Waals surface area contributed by atoms with E-state index in [2.05, 4.69) is 5.32 Å². The minimum Gasteiger partial charge on any atom is -0.497 e. The molecular formula is C22H18N2O4. The zero-order chi connectivity index (χ0) is 19.9. The molecule has 0 aliphatic heterocycles. The number of ether oxygens (including phenoxy) is 1. The maximum atomic E-state index is 12.9. The van der Waals surface area contributed by atoms with Gasteiger partial charge in [-0.15, -0.1) is 0 Å². The van der Waals surface area contributed by atoms with Crippen LogP contribution in [0.4, 0.5) is 11.4 Å². The second-order valence-corrected chi connectivity index (χ2v) is 5.96. The van der Waals surface area contributed by atoms with E-state index in [0.29, 0.717) is 11.3 Å². The summed E-state index contributed by atoms with van der Waals surface area (Å²) >= 11 is 0. The lowest BCUT2D eigenvalue weighted by atomic mass is 10.0. The van der Waals surface area contributed by atoms with Gasteiger partial charge in [-0.05, 0) is 35.4 Å². The standard InChI is InChI=1S/C22H18N2O4/c1-28-20-12-10-16(11-13-20)14-21(17-6-3-2-4-7-17)22(25)23-18-8-5-9-19(15-18)24(26)27/h2-15H,1H3,(H,23,25)/b21-14+. The molecule has 0 fully saturated rings. The number of nitrogens with zero attached hydrogens (tertiary/aromatic N) is 1. The third-order valence-corrected chi connectivity index (χ3v) is 4.07. The van der Waals surface area contributed by atoms with Crippen LogP contribution >= 0.6 is 0 Å². The fourth-order valence-corrected chi connectivity index (χ4v) is 2.66. The van der Waals surface area contributed by atoms with Crippen molar-refractivity contribution < 1.29 is 14.5 Å². The number of hydrogen-bond acceptors (Lipinski definition) is 4. The predicted octanol–water partition coefficient (Wildman–Crippen LogP) is 4.78. The molecule has 28 heavy (non-hydrogen) atoms. The van der Waals surface area contributed by atoms with Gasteiger partial charge in [0.25, 0.3) is 11.6 Å². The zero-order valence-corrected chi connectivity index (χ0v) is 15.2. The quantitative estimate of drug-likeness (QED) is 0.291. The fourth-order valence-electron chi connectivity index (χ4n) is 2.66. The minimum absolute atomic E-state index is 0.0850. The van der Waals surface area contributed by atoms with Gasteiger partial charge in [-0.2, -0.15) is 0 Å². The topological polar surface area (TPSA) is 81.5 Å². The molecule has 3 aromatic carbocycles. The van der Waals surface area contributed by atoms with E-state index in [4.69, 9.17) is 4.74 Å². The van der Waals surface area contributed by atoms with Gasteiger partial charge in [-0.25, -0.2) is 0 Å². The van der Waals surface area contributed by atoms with Gasteiger partial charge in [0.15, 0.2) is 0 Å². The largest absolute Gasteiger partial charge is 0.497 e. The summed E-state index contributed by atoms with van der Waals surface area (Å²) in [5.74, 6) is 0.363. The fraction of sp³-hybridized carbons (Fsp3) is 0.0455. The summed E-state index contributed by atoms with van der Waals surface area (Å²) in [6.07, 6.45) is 1.77. The number of methoxy groups -OCH3 is 1. The van der Waals surface area contributed by atoms with Gasteiger partial charge in [0.05, 0.1) is 12.0 Å². The monoisotopic (exact) mass is 374 g/mol. The summed E-state index contributed by atoms with van der Waals surface area (Å²) in [7, 11) is 1.59. The van der Waals surface area contributed by atoms with Crippen molar-refractivity contribution in [3.8, 4) is 5.75 Å². The van der Waals surface area contributed by atoms with Gasteiger partial charge in [-0.3, -0.25) is 14.9 Å². The first kappa shape index (κ1) is 18.8. The van der Waals surface area contributed by atoms with Crippen molar-refractivity contribution in [2.24, 2.45) is 0 Å². The van der Waals surface area contributed by atoms with Gasteiger partial charge in [0.1, 0.15) is 5.75 Å². The number of carbonyl (C=O) groups is 1. The third kappa shape index (κ3) is 4.62. The van der Waals surface area contributed by atoms with E-state index >= 15 is 0 Å². The summed E-state index contributed by atoms with van der Waals surface area (Å²) in [6.45, 7) is 0. The Morgan fingerprint density at radius 2 is 1.71 bits per heavy atom. The lowest BCUT2D eigenvalue weighted by Gasteiger charge is -2.10. The summed E-state index contributed by atoms with van der Waals surface area (Å²) < 4.78 is 5.16. The summed E-state index contributed by atoms with van der Waals surface area (Å²) in [4.78, 5) is 23.4. The highest BCUT2D eigenvalue weighted by Crippen LogP contribution is 2.23. The van der Waals surface area contributed by atoms with Crippen LogP contribution in [-0.2, 0) is 4.79 Å². The van der Waals surface area contributed by atoms with E-state index < -0.39 is 4.92 Å². The van der Waals surface area contributed by atoms with Crippen LogP contribution in [-0.4, -0.2) is 17.9 Å². The molecule has 140 valence electrons. The molecule has 3 rings (SSSR count). The van der Waals surface area contributed by atoms with Crippen LogP contribution in [0.15, 0.2) is 78.9 Å². The molecule has 0 saturated heterocycles. The molecule has 0 atom stereocenters. The summed E-state index contributed by atoms with van der Waals surface area (Å²) in [5, 5.41) is 13.7. The van der Waals surface area contributed by atoms with Crippen molar-refractivity contribution >= 4 is 28.9 Å². The Morgan fingerprint density at radius 3 is 2.36 bits per heavy atom. The lowest BCUT2D eigenvalue weighted by molar-refractivity contribution is -0.384. The molecule has 3 aromatic rings. The number of nitro benzene ring substituents is 1. The molecule has 0 radical (unpaired) electrons. The van der Waals surface area contributed by atoms with Crippen LogP contribution in [0.5, 0.6) is 5.75 Å².